The number of hydrogen-bond donors (Lipinski definition) is 2. The highest BCUT2D eigenvalue weighted by Gasteiger charge is 2.41. The van der Waals surface area contributed by atoms with Crippen LogP contribution in [0.1, 0.15) is 65.9 Å². The van der Waals surface area contributed by atoms with Gasteiger partial charge in [0.1, 0.15) is 5.60 Å². The molecule has 3 N–H and O–H groups in total. The fraction of sp³-hybridized carbons (Fsp3) is 0.407. The third kappa shape index (κ3) is 4.59. The number of fused-ring (bicyclic) bond motifs is 3. The summed E-state index contributed by atoms with van der Waals surface area (Å²) in [6.07, 6.45) is 1.49. The Hall–Kier alpha value is -3.86. The van der Waals surface area contributed by atoms with E-state index in [2.05, 4.69) is 25.2 Å². The third-order valence-electron chi connectivity index (χ3n) is 6.25. The zero-order valence-electron chi connectivity index (χ0n) is 20.7. The van der Waals surface area contributed by atoms with E-state index in [9.17, 15) is 14.9 Å². The summed E-state index contributed by atoms with van der Waals surface area (Å²) in [6, 6.07) is 9.43. The van der Waals surface area contributed by atoms with Gasteiger partial charge in [0.05, 0.1) is 37.4 Å². The van der Waals surface area contributed by atoms with Crippen LogP contribution in [0.5, 0.6) is 11.5 Å². The summed E-state index contributed by atoms with van der Waals surface area (Å²) >= 11 is 0. The lowest BCUT2D eigenvalue weighted by atomic mass is 9.78. The molecule has 0 atom stereocenters. The number of nitriles is 1. The maximum atomic E-state index is 12.6. The van der Waals surface area contributed by atoms with Crippen LogP contribution in [0.4, 0.5) is 0 Å². The molecule has 8 heteroatoms. The molecule has 0 bridgehead atoms. The van der Waals surface area contributed by atoms with Crippen LogP contribution in [-0.4, -0.2) is 42.3 Å². The second-order valence-corrected chi connectivity index (χ2v) is 10.2. The second kappa shape index (κ2) is 8.73. The summed E-state index contributed by atoms with van der Waals surface area (Å²) in [5.41, 5.74) is 10.0. The van der Waals surface area contributed by atoms with Gasteiger partial charge in [-0.1, -0.05) is 12.1 Å². The Labute approximate surface area is 205 Å². The van der Waals surface area contributed by atoms with Crippen molar-refractivity contribution in [3.05, 3.63) is 57.6 Å². The number of benzene rings is 2. The minimum absolute atomic E-state index is 0.182. The number of amides is 2. The van der Waals surface area contributed by atoms with E-state index < -0.39 is 23.0 Å². The lowest BCUT2D eigenvalue weighted by molar-refractivity contribution is -0.117. The average molecular weight is 475 g/mol. The van der Waals surface area contributed by atoms with Crippen molar-refractivity contribution in [1.82, 2.24) is 5.32 Å². The van der Waals surface area contributed by atoms with Gasteiger partial charge in [0, 0.05) is 34.2 Å². The number of hydrogen-bond acceptors (Lipinski definition) is 6. The molecule has 2 aliphatic heterocycles. The molecule has 2 aliphatic rings. The van der Waals surface area contributed by atoms with Gasteiger partial charge in [0.15, 0.2) is 11.5 Å². The van der Waals surface area contributed by atoms with Crippen LogP contribution < -0.4 is 20.5 Å². The molecule has 182 valence electrons. The monoisotopic (exact) mass is 474 g/mol. The first kappa shape index (κ1) is 24.3. The largest absolute Gasteiger partial charge is 0.493 e. The van der Waals surface area contributed by atoms with E-state index in [1.165, 1.54) is 0 Å². The highest BCUT2D eigenvalue weighted by Crippen LogP contribution is 2.50. The SMILES string of the molecule is COc1c(CC#N)c2c(c3c1OC(C)(C)C3)C(c1cccc(C(=O)NCC(N)=O)c1)=NC(C)(C)C2. The predicted molar refractivity (Wildman–Crippen MR) is 132 cm³/mol. The lowest BCUT2D eigenvalue weighted by Gasteiger charge is -2.33. The molecule has 0 spiro atoms. The molecule has 0 saturated carbocycles. The van der Waals surface area contributed by atoms with Crippen molar-refractivity contribution < 1.29 is 19.1 Å². The Morgan fingerprint density at radius 2 is 1.97 bits per heavy atom. The number of rotatable bonds is 6. The Bertz CT molecular complexity index is 1300. The number of ether oxygens (including phenoxy) is 2. The molecular formula is C27H30N4O4. The summed E-state index contributed by atoms with van der Waals surface area (Å²) in [7, 11) is 1.61. The molecule has 0 radical (unpaired) electrons. The van der Waals surface area contributed by atoms with Crippen LogP contribution in [0.25, 0.3) is 0 Å². The van der Waals surface area contributed by atoms with Gasteiger partial charge in [-0.25, -0.2) is 0 Å². The standard InChI is InChI=1S/C27H30N4O4/c1-26(2)12-18-17(9-10-28)23(34-5)24-19(13-27(3,4)35-24)21(18)22(31-26)15-7-6-8-16(11-15)25(33)30-14-20(29)32/h6-8,11H,9,12-14H2,1-5H3,(H2,29,32)(H,30,33). The van der Waals surface area contributed by atoms with E-state index in [0.717, 1.165) is 33.5 Å². The summed E-state index contributed by atoms with van der Waals surface area (Å²) in [4.78, 5) is 28.8. The first-order chi connectivity index (χ1) is 16.5. The van der Waals surface area contributed by atoms with E-state index in [1.807, 2.05) is 19.9 Å². The maximum Gasteiger partial charge on any atom is 0.251 e. The molecule has 0 saturated heterocycles. The molecule has 2 heterocycles. The number of primary amides is 1. The van der Waals surface area contributed by atoms with Crippen molar-refractivity contribution in [3.63, 3.8) is 0 Å². The van der Waals surface area contributed by atoms with E-state index >= 15 is 0 Å². The molecule has 35 heavy (non-hydrogen) atoms. The number of nitrogens with one attached hydrogen (secondary N) is 1. The molecule has 0 aliphatic carbocycles. The Morgan fingerprint density at radius 3 is 2.63 bits per heavy atom. The van der Waals surface area contributed by atoms with E-state index in [4.69, 9.17) is 20.2 Å². The molecule has 0 fully saturated rings. The van der Waals surface area contributed by atoms with Crippen molar-refractivity contribution >= 4 is 17.5 Å². The zero-order chi connectivity index (χ0) is 25.5. The molecule has 2 aromatic rings. The molecule has 0 aromatic heterocycles. The van der Waals surface area contributed by atoms with Crippen molar-refractivity contribution in [2.24, 2.45) is 10.7 Å². The van der Waals surface area contributed by atoms with Gasteiger partial charge in [0.25, 0.3) is 5.91 Å². The molecular weight excluding hydrogens is 444 g/mol. The number of aliphatic imine (C=N–C) groups is 1. The number of nitrogens with zero attached hydrogens (tertiary/aromatic N) is 2. The minimum atomic E-state index is -0.612. The second-order valence-electron chi connectivity index (χ2n) is 10.2. The number of nitrogens with two attached hydrogens (primary N) is 1. The van der Waals surface area contributed by atoms with Crippen LogP contribution in [0, 0.1) is 11.3 Å². The van der Waals surface area contributed by atoms with Crippen molar-refractivity contribution in [1.29, 1.82) is 5.26 Å². The molecule has 8 nitrogen and oxygen atoms in total. The van der Waals surface area contributed by atoms with E-state index in [1.54, 1.807) is 25.3 Å². The van der Waals surface area contributed by atoms with Gasteiger partial charge in [-0.3, -0.25) is 14.6 Å². The first-order valence-corrected chi connectivity index (χ1v) is 11.5. The number of methoxy groups -OCH3 is 1. The van der Waals surface area contributed by atoms with Gasteiger partial charge < -0.3 is 20.5 Å². The van der Waals surface area contributed by atoms with Crippen LogP contribution in [0.3, 0.4) is 0 Å². The van der Waals surface area contributed by atoms with Crippen molar-refractivity contribution in [3.8, 4) is 17.6 Å². The fourth-order valence-corrected chi connectivity index (χ4v) is 4.95. The normalized spacial score (nSPS) is 16.7. The van der Waals surface area contributed by atoms with Gasteiger partial charge in [0.2, 0.25) is 5.91 Å². The summed E-state index contributed by atoms with van der Waals surface area (Å²) in [5, 5.41) is 12.2. The topological polar surface area (TPSA) is 127 Å². The Kier molecular flexibility index (Phi) is 6.05. The van der Waals surface area contributed by atoms with Crippen molar-refractivity contribution in [2.45, 2.75) is 58.1 Å². The summed E-state index contributed by atoms with van der Waals surface area (Å²) in [5.74, 6) is 0.266. The van der Waals surface area contributed by atoms with Gasteiger partial charge in [-0.2, -0.15) is 5.26 Å². The fourth-order valence-electron chi connectivity index (χ4n) is 4.95. The Morgan fingerprint density at radius 1 is 1.23 bits per heavy atom. The molecule has 2 amide bonds. The van der Waals surface area contributed by atoms with Crippen LogP contribution in [-0.2, 0) is 24.1 Å². The van der Waals surface area contributed by atoms with Crippen LogP contribution in [0.15, 0.2) is 29.3 Å². The van der Waals surface area contributed by atoms with E-state index in [0.29, 0.717) is 29.9 Å². The summed E-state index contributed by atoms with van der Waals surface area (Å²) in [6.45, 7) is 7.91. The van der Waals surface area contributed by atoms with Gasteiger partial charge >= 0.3 is 0 Å². The first-order valence-electron chi connectivity index (χ1n) is 11.5. The highest BCUT2D eigenvalue weighted by molar-refractivity contribution is 6.17. The van der Waals surface area contributed by atoms with Gasteiger partial charge in [-0.15, -0.1) is 0 Å². The van der Waals surface area contributed by atoms with Crippen molar-refractivity contribution in [2.75, 3.05) is 13.7 Å². The smallest absolute Gasteiger partial charge is 0.251 e. The molecule has 4 rings (SSSR count). The van der Waals surface area contributed by atoms with Gasteiger partial charge in [-0.05, 0) is 51.8 Å². The minimum Gasteiger partial charge on any atom is -0.493 e. The van der Waals surface area contributed by atoms with E-state index in [-0.39, 0.29) is 13.0 Å². The van der Waals surface area contributed by atoms with Crippen LogP contribution in [0.2, 0.25) is 0 Å². The average Bonchev–Trinajstić information content (AvgIpc) is 3.11. The highest BCUT2D eigenvalue weighted by atomic mass is 16.5. The third-order valence-corrected chi connectivity index (χ3v) is 6.25. The van der Waals surface area contributed by atoms with Crippen LogP contribution >= 0.6 is 0 Å². The predicted octanol–water partition coefficient (Wildman–Crippen LogP) is 2.86. The number of carbonyl (C=O) groups excluding carboxylic acids is 2. The maximum absolute atomic E-state index is 12.6. The number of carbonyl (C=O) groups is 2. The quantitative estimate of drug-likeness (QED) is 0.666. The zero-order valence-corrected chi connectivity index (χ0v) is 20.7. The molecule has 2 aromatic carbocycles. The summed E-state index contributed by atoms with van der Waals surface area (Å²) < 4.78 is 12.1. The Balaban J connectivity index is 1.94. The molecule has 0 unspecified atom stereocenters. The lowest BCUT2D eigenvalue weighted by Crippen LogP contribution is -2.33.